The van der Waals surface area contributed by atoms with Crippen molar-refractivity contribution < 1.29 is 23.5 Å². The van der Waals surface area contributed by atoms with Crippen LogP contribution in [0.15, 0.2) is 42.5 Å². The summed E-state index contributed by atoms with van der Waals surface area (Å²) in [4.78, 5) is 25.4. The molecule has 0 fully saturated rings. The number of halogens is 1. The highest BCUT2D eigenvalue weighted by atomic mass is 32.2. The number of ether oxygens (including phenoxy) is 2. The minimum Gasteiger partial charge on any atom is -0.493 e. The van der Waals surface area contributed by atoms with Gasteiger partial charge in [-0.1, -0.05) is 18.2 Å². The number of methoxy groups -OCH3 is 2. The fourth-order valence-electron chi connectivity index (χ4n) is 3.67. The van der Waals surface area contributed by atoms with Gasteiger partial charge in [0.15, 0.2) is 11.5 Å². The maximum Gasteiger partial charge on any atom is 0.242 e. The molecule has 1 aliphatic rings. The molecule has 0 unspecified atom stereocenters. The number of aromatic nitrogens is 2. The third-order valence-corrected chi connectivity index (χ3v) is 6.36. The number of fused-ring (bicyclic) bond motifs is 1. The average Bonchev–Trinajstić information content (AvgIpc) is 3.41. The molecule has 0 bridgehead atoms. The number of amides is 2. The molecule has 0 atom stereocenters. The molecule has 2 aromatic carbocycles. The van der Waals surface area contributed by atoms with E-state index in [9.17, 15) is 14.0 Å². The Morgan fingerprint density at radius 2 is 1.76 bits per heavy atom. The number of carbonyl (C=O) groups excluding carboxylic acids is 2. The van der Waals surface area contributed by atoms with E-state index in [1.165, 1.54) is 16.8 Å². The van der Waals surface area contributed by atoms with Crippen LogP contribution in [0.5, 0.6) is 11.5 Å². The van der Waals surface area contributed by atoms with Crippen molar-refractivity contribution in [2.24, 2.45) is 0 Å². The van der Waals surface area contributed by atoms with Gasteiger partial charge in [0.1, 0.15) is 18.2 Å². The first-order valence-electron chi connectivity index (χ1n) is 10.6. The van der Waals surface area contributed by atoms with E-state index in [-0.39, 0.29) is 37.1 Å². The molecule has 0 saturated heterocycles. The fourth-order valence-corrected chi connectivity index (χ4v) is 4.70. The summed E-state index contributed by atoms with van der Waals surface area (Å²) in [5.41, 5.74) is 3.37. The van der Waals surface area contributed by atoms with Crippen molar-refractivity contribution in [1.82, 2.24) is 15.1 Å². The van der Waals surface area contributed by atoms with Crippen molar-refractivity contribution in [2.45, 2.75) is 31.0 Å². The highest BCUT2D eigenvalue weighted by molar-refractivity contribution is 7.98. The Bertz CT molecular complexity index is 1200. The third-order valence-electron chi connectivity index (χ3n) is 5.39. The average molecular weight is 485 g/mol. The molecular weight excluding hydrogens is 459 g/mol. The van der Waals surface area contributed by atoms with E-state index in [0.717, 1.165) is 33.9 Å². The molecule has 2 heterocycles. The molecular formula is C24H25FN4O4S. The first-order valence-corrected chi connectivity index (χ1v) is 11.8. The molecule has 2 amide bonds. The number of anilines is 1. The van der Waals surface area contributed by atoms with Gasteiger partial charge in [0.25, 0.3) is 0 Å². The SMILES string of the molecule is COc1ccc(CC(=O)Nc2c3c(nn2CC(=O)NCc2ccc(F)cc2)CSC3)cc1OC. The lowest BCUT2D eigenvalue weighted by Crippen LogP contribution is -2.29. The normalized spacial score (nSPS) is 12.2. The number of nitrogens with zero attached hydrogens (tertiary/aromatic N) is 2. The first-order chi connectivity index (χ1) is 16.5. The molecule has 10 heteroatoms. The fraction of sp³-hybridized carbons (Fsp3) is 0.292. The molecule has 3 aromatic rings. The van der Waals surface area contributed by atoms with Gasteiger partial charge in [-0.05, 0) is 35.4 Å². The van der Waals surface area contributed by atoms with Crippen molar-refractivity contribution in [2.75, 3.05) is 19.5 Å². The monoisotopic (exact) mass is 484 g/mol. The Hall–Kier alpha value is -3.53. The molecule has 8 nitrogen and oxygen atoms in total. The number of rotatable bonds is 9. The Morgan fingerprint density at radius 1 is 1.03 bits per heavy atom. The standard InChI is InChI=1S/C24H25FN4O4S/c1-32-20-8-5-16(9-21(20)33-2)10-22(30)27-24-18-13-34-14-19(18)28-29(24)12-23(31)26-11-15-3-6-17(25)7-4-15/h3-9H,10-14H2,1-2H3,(H,26,31)(H,27,30). The third kappa shape index (κ3) is 5.51. The molecule has 178 valence electrons. The van der Waals surface area contributed by atoms with Crippen molar-refractivity contribution in [3.05, 3.63) is 70.7 Å². The van der Waals surface area contributed by atoms with Gasteiger partial charge in [0.2, 0.25) is 11.8 Å². The molecule has 34 heavy (non-hydrogen) atoms. The van der Waals surface area contributed by atoms with Gasteiger partial charge >= 0.3 is 0 Å². The van der Waals surface area contributed by atoms with Gasteiger partial charge in [-0.3, -0.25) is 9.59 Å². The Morgan fingerprint density at radius 3 is 2.50 bits per heavy atom. The summed E-state index contributed by atoms with van der Waals surface area (Å²) >= 11 is 1.71. The summed E-state index contributed by atoms with van der Waals surface area (Å²) in [6.45, 7) is 0.238. The van der Waals surface area contributed by atoms with Crippen molar-refractivity contribution in [3.8, 4) is 11.5 Å². The smallest absolute Gasteiger partial charge is 0.242 e. The van der Waals surface area contributed by atoms with Gasteiger partial charge in [0.05, 0.1) is 26.3 Å². The number of hydrogen-bond donors (Lipinski definition) is 2. The zero-order valence-corrected chi connectivity index (χ0v) is 19.7. The topological polar surface area (TPSA) is 94.5 Å². The van der Waals surface area contributed by atoms with Crippen LogP contribution in [0.1, 0.15) is 22.4 Å². The van der Waals surface area contributed by atoms with Crippen LogP contribution in [-0.2, 0) is 40.6 Å². The lowest BCUT2D eigenvalue weighted by Gasteiger charge is -2.12. The Labute approximate surface area is 200 Å². The van der Waals surface area contributed by atoms with Crippen LogP contribution in [0.3, 0.4) is 0 Å². The van der Waals surface area contributed by atoms with E-state index in [0.29, 0.717) is 17.3 Å². The first kappa shape index (κ1) is 23.6. The van der Waals surface area contributed by atoms with Gasteiger partial charge < -0.3 is 20.1 Å². The lowest BCUT2D eigenvalue weighted by atomic mass is 10.1. The van der Waals surface area contributed by atoms with E-state index in [1.54, 1.807) is 56.3 Å². The van der Waals surface area contributed by atoms with E-state index in [4.69, 9.17) is 9.47 Å². The van der Waals surface area contributed by atoms with Gasteiger partial charge in [-0.2, -0.15) is 16.9 Å². The van der Waals surface area contributed by atoms with Crippen LogP contribution < -0.4 is 20.1 Å². The van der Waals surface area contributed by atoms with Crippen molar-refractivity contribution in [3.63, 3.8) is 0 Å². The quantitative estimate of drug-likeness (QED) is 0.484. The summed E-state index contributed by atoms with van der Waals surface area (Å²) < 4.78 is 25.2. The van der Waals surface area contributed by atoms with Gasteiger partial charge in [-0.15, -0.1) is 0 Å². The number of thioether (sulfide) groups is 1. The maximum absolute atomic E-state index is 13.1. The van der Waals surface area contributed by atoms with E-state index < -0.39 is 0 Å². The summed E-state index contributed by atoms with van der Waals surface area (Å²) in [5.74, 6) is 2.33. The van der Waals surface area contributed by atoms with Gasteiger partial charge in [0, 0.05) is 23.6 Å². The Balaban J connectivity index is 1.43. The molecule has 0 radical (unpaired) electrons. The highest BCUT2D eigenvalue weighted by Gasteiger charge is 2.25. The molecule has 0 spiro atoms. The predicted octanol–water partition coefficient (Wildman–Crippen LogP) is 3.28. The number of hydrogen-bond acceptors (Lipinski definition) is 6. The van der Waals surface area contributed by atoms with Crippen LogP contribution in [0, 0.1) is 5.82 Å². The predicted molar refractivity (Wildman–Crippen MR) is 127 cm³/mol. The van der Waals surface area contributed by atoms with E-state index in [1.807, 2.05) is 0 Å². The maximum atomic E-state index is 13.1. The summed E-state index contributed by atoms with van der Waals surface area (Å²) in [7, 11) is 3.10. The summed E-state index contributed by atoms with van der Waals surface area (Å²) in [6.07, 6.45) is 0.129. The second-order valence-corrected chi connectivity index (χ2v) is 8.73. The molecule has 1 aliphatic heterocycles. The number of benzene rings is 2. The summed E-state index contributed by atoms with van der Waals surface area (Å²) in [6, 6.07) is 11.3. The van der Waals surface area contributed by atoms with Crippen molar-refractivity contribution in [1.29, 1.82) is 0 Å². The Kier molecular flexibility index (Phi) is 7.36. The minimum absolute atomic E-state index is 0.0369. The second-order valence-electron chi connectivity index (χ2n) is 7.74. The lowest BCUT2D eigenvalue weighted by molar-refractivity contribution is -0.122. The highest BCUT2D eigenvalue weighted by Crippen LogP contribution is 2.35. The van der Waals surface area contributed by atoms with Crippen LogP contribution in [0.4, 0.5) is 10.2 Å². The van der Waals surface area contributed by atoms with E-state index >= 15 is 0 Å². The van der Waals surface area contributed by atoms with E-state index in [2.05, 4.69) is 15.7 Å². The van der Waals surface area contributed by atoms with Gasteiger partial charge in [-0.25, -0.2) is 9.07 Å². The zero-order valence-electron chi connectivity index (χ0n) is 18.9. The second kappa shape index (κ2) is 10.6. The van der Waals surface area contributed by atoms with Crippen LogP contribution in [-0.4, -0.2) is 35.8 Å². The summed E-state index contributed by atoms with van der Waals surface area (Å²) in [5, 5.41) is 10.3. The van der Waals surface area contributed by atoms with Crippen LogP contribution in [0.25, 0.3) is 0 Å². The van der Waals surface area contributed by atoms with Crippen LogP contribution >= 0.6 is 11.8 Å². The minimum atomic E-state index is -0.326. The number of carbonyl (C=O) groups is 2. The molecule has 1 aromatic heterocycles. The van der Waals surface area contributed by atoms with Crippen molar-refractivity contribution >= 4 is 29.4 Å². The molecule has 4 rings (SSSR count). The molecule has 2 N–H and O–H groups in total. The number of nitrogens with one attached hydrogen (secondary N) is 2. The molecule has 0 saturated carbocycles. The largest absolute Gasteiger partial charge is 0.493 e. The van der Waals surface area contributed by atoms with Crippen LogP contribution in [0.2, 0.25) is 0 Å². The molecule has 0 aliphatic carbocycles. The zero-order chi connectivity index (χ0) is 24.1.